The first-order chi connectivity index (χ1) is 11.2. The lowest BCUT2D eigenvalue weighted by atomic mass is 10.2. The molecule has 0 fully saturated rings. The van der Waals surface area contributed by atoms with Gasteiger partial charge in [0, 0.05) is 19.2 Å². The van der Waals surface area contributed by atoms with Crippen LogP contribution in [0.5, 0.6) is 0 Å². The van der Waals surface area contributed by atoms with Crippen molar-refractivity contribution >= 4 is 21.9 Å². The number of aromatic nitrogens is 5. The summed E-state index contributed by atoms with van der Waals surface area (Å²) in [4.78, 5) is 28.6. The number of hydrogen-bond donors (Lipinski definition) is 1. The van der Waals surface area contributed by atoms with Crippen molar-refractivity contribution in [2.45, 2.75) is 19.9 Å². The van der Waals surface area contributed by atoms with E-state index in [-0.39, 0.29) is 5.56 Å². The van der Waals surface area contributed by atoms with Crippen molar-refractivity contribution in [2.24, 2.45) is 0 Å². The smallest absolute Gasteiger partial charge is 0.261 e. The molecule has 0 bridgehead atoms. The highest BCUT2D eigenvalue weighted by atomic mass is 16.1. The molecule has 0 radical (unpaired) electrons. The second-order valence-electron chi connectivity index (χ2n) is 5.59. The van der Waals surface area contributed by atoms with Gasteiger partial charge in [-0.3, -0.25) is 14.3 Å². The molecule has 0 amide bonds. The molecule has 4 aromatic rings. The Morgan fingerprint density at radius 3 is 3.04 bits per heavy atom. The molecule has 114 valence electrons. The Morgan fingerprint density at radius 2 is 2.13 bits per heavy atom. The molecule has 1 N–H and O–H groups in total. The van der Waals surface area contributed by atoms with Gasteiger partial charge in [-0.05, 0) is 30.7 Å². The van der Waals surface area contributed by atoms with Gasteiger partial charge in [-0.1, -0.05) is 6.07 Å². The highest BCUT2D eigenvalue weighted by Gasteiger charge is 2.06. The van der Waals surface area contributed by atoms with Gasteiger partial charge in [0.2, 0.25) is 0 Å². The number of aromatic amines is 1. The Bertz CT molecular complexity index is 1060. The van der Waals surface area contributed by atoms with Crippen molar-refractivity contribution < 1.29 is 0 Å². The van der Waals surface area contributed by atoms with Gasteiger partial charge in [0.15, 0.2) is 0 Å². The van der Waals surface area contributed by atoms with E-state index in [1.165, 1.54) is 5.56 Å². The summed E-state index contributed by atoms with van der Waals surface area (Å²) in [5.74, 6) is 0.868. The standard InChI is InChI=1S/C17H15N5O/c1-11-2-3-13-14(8-11)21-16(20-13)5-7-22-10-19-15-9-18-6-4-12(15)17(22)23/h2-4,6,8-10H,5,7H2,1H3,(H,20,21). The topological polar surface area (TPSA) is 76.5 Å². The molecule has 0 aliphatic heterocycles. The molecule has 6 nitrogen and oxygen atoms in total. The van der Waals surface area contributed by atoms with E-state index in [4.69, 9.17) is 0 Å². The van der Waals surface area contributed by atoms with Crippen LogP contribution < -0.4 is 5.56 Å². The van der Waals surface area contributed by atoms with Gasteiger partial charge in [-0.2, -0.15) is 0 Å². The van der Waals surface area contributed by atoms with Gasteiger partial charge < -0.3 is 4.98 Å². The third-order valence-corrected chi connectivity index (χ3v) is 3.90. The predicted molar refractivity (Wildman–Crippen MR) is 88.3 cm³/mol. The van der Waals surface area contributed by atoms with Crippen LogP contribution in [0.2, 0.25) is 0 Å². The Kier molecular flexibility index (Phi) is 3.15. The molecule has 0 saturated heterocycles. The fraction of sp³-hybridized carbons (Fsp3) is 0.176. The number of hydrogen-bond acceptors (Lipinski definition) is 4. The maximum atomic E-state index is 12.4. The first kappa shape index (κ1) is 13.6. The van der Waals surface area contributed by atoms with Crippen LogP contribution in [0, 0.1) is 6.92 Å². The van der Waals surface area contributed by atoms with Crippen molar-refractivity contribution in [3.8, 4) is 0 Å². The maximum Gasteiger partial charge on any atom is 0.261 e. The Labute approximate surface area is 131 Å². The minimum absolute atomic E-state index is 0.0515. The second-order valence-corrected chi connectivity index (χ2v) is 5.59. The van der Waals surface area contributed by atoms with Gasteiger partial charge in [-0.15, -0.1) is 0 Å². The van der Waals surface area contributed by atoms with Crippen LogP contribution in [-0.4, -0.2) is 24.5 Å². The molecule has 0 saturated carbocycles. The molecular weight excluding hydrogens is 290 g/mol. The minimum Gasteiger partial charge on any atom is -0.342 e. The third-order valence-electron chi connectivity index (χ3n) is 3.90. The van der Waals surface area contributed by atoms with E-state index < -0.39 is 0 Å². The summed E-state index contributed by atoms with van der Waals surface area (Å²) in [5, 5.41) is 0.586. The quantitative estimate of drug-likeness (QED) is 0.629. The molecule has 3 aromatic heterocycles. The average Bonchev–Trinajstić information content (AvgIpc) is 2.96. The average molecular weight is 305 g/mol. The lowest BCUT2D eigenvalue weighted by molar-refractivity contribution is 0.648. The molecule has 23 heavy (non-hydrogen) atoms. The summed E-state index contributed by atoms with van der Waals surface area (Å²) in [6.45, 7) is 2.58. The van der Waals surface area contributed by atoms with Crippen LogP contribution >= 0.6 is 0 Å². The van der Waals surface area contributed by atoms with Gasteiger partial charge in [0.05, 0.1) is 34.5 Å². The van der Waals surface area contributed by atoms with Gasteiger partial charge >= 0.3 is 0 Å². The lowest BCUT2D eigenvalue weighted by Crippen LogP contribution is -2.21. The van der Waals surface area contributed by atoms with Crippen molar-refractivity contribution in [1.82, 2.24) is 24.5 Å². The zero-order valence-electron chi connectivity index (χ0n) is 12.7. The third kappa shape index (κ3) is 2.48. The van der Waals surface area contributed by atoms with Crippen LogP contribution in [0.25, 0.3) is 21.9 Å². The molecule has 3 heterocycles. The monoisotopic (exact) mass is 305 g/mol. The minimum atomic E-state index is -0.0515. The molecule has 0 atom stereocenters. The van der Waals surface area contributed by atoms with Crippen molar-refractivity contribution in [2.75, 3.05) is 0 Å². The molecule has 0 aliphatic rings. The summed E-state index contributed by atoms with van der Waals surface area (Å²) < 4.78 is 1.61. The number of imidazole rings is 1. The zero-order chi connectivity index (χ0) is 15.8. The van der Waals surface area contributed by atoms with Crippen LogP contribution in [-0.2, 0) is 13.0 Å². The van der Waals surface area contributed by atoms with E-state index in [1.54, 1.807) is 29.4 Å². The van der Waals surface area contributed by atoms with E-state index in [0.29, 0.717) is 23.9 Å². The van der Waals surface area contributed by atoms with E-state index in [1.807, 2.05) is 12.1 Å². The summed E-state index contributed by atoms with van der Waals surface area (Å²) >= 11 is 0. The Hall–Kier alpha value is -3.02. The SMILES string of the molecule is Cc1ccc2nc(CCn3cnc4cnccc4c3=O)[nH]c2c1. The Balaban J connectivity index is 1.63. The number of rotatable bonds is 3. The summed E-state index contributed by atoms with van der Waals surface area (Å²) in [6, 6.07) is 7.81. The second kappa shape index (κ2) is 5.31. The van der Waals surface area contributed by atoms with Crippen molar-refractivity contribution in [1.29, 1.82) is 0 Å². The molecule has 0 spiro atoms. The highest BCUT2D eigenvalue weighted by molar-refractivity contribution is 5.76. The number of nitrogens with zero attached hydrogens (tertiary/aromatic N) is 4. The molecule has 0 unspecified atom stereocenters. The normalized spacial score (nSPS) is 11.3. The molecular formula is C17H15N5O. The predicted octanol–water partition coefficient (Wildman–Crippen LogP) is 2.22. The molecule has 6 heteroatoms. The van der Waals surface area contributed by atoms with E-state index in [2.05, 4.69) is 32.9 Å². The van der Waals surface area contributed by atoms with Gasteiger partial charge in [0.1, 0.15) is 5.82 Å². The van der Waals surface area contributed by atoms with E-state index in [0.717, 1.165) is 16.9 Å². The van der Waals surface area contributed by atoms with Crippen LogP contribution in [0.15, 0.2) is 47.8 Å². The molecule has 4 rings (SSSR count). The van der Waals surface area contributed by atoms with Gasteiger partial charge in [-0.25, -0.2) is 9.97 Å². The van der Waals surface area contributed by atoms with E-state index >= 15 is 0 Å². The van der Waals surface area contributed by atoms with Gasteiger partial charge in [0.25, 0.3) is 5.56 Å². The molecule has 0 aliphatic carbocycles. The van der Waals surface area contributed by atoms with Crippen LogP contribution in [0.1, 0.15) is 11.4 Å². The Morgan fingerprint density at radius 1 is 1.22 bits per heavy atom. The van der Waals surface area contributed by atoms with Crippen LogP contribution in [0.4, 0.5) is 0 Å². The van der Waals surface area contributed by atoms with Crippen molar-refractivity contribution in [3.05, 3.63) is 64.7 Å². The number of nitrogens with one attached hydrogen (secondary N) is 1. The van der Waals surface area contributed by atoms with Crippen LogP contribution in [0.3, 0.4) is 0 Å². The largest absolute Gasteiger partial charge is 0.342 e. The molecule has 1 aromatic carbocycles. The number of fused-ring (bicyclic) bond motifs is 2. The number of benzene rings is 1. The summed E-state index contributed by atoms with van der Waals surface area (Å²) in [7, 11) is 0. The van der Waals surface area contributed by atoms with E-state index in [9.17, 15) is 4.79 Å². The fourth-order valence-corrected chi connectivity index (χ4v) is 2.69. The lowest BCUT2D eigenvalue weighted by Gasteiger charge is -2.04. The number of pyridine rings is 1. The number of H-pyrrole nitrogens is 1. The van der Waals surface area contributed by atoms with Crippen molar-refractivity contribution in [3.63, 3.8) is 0 Å². The summed E-state index contributed by atoms with van der Waals surface area (Å²) in [5.41, 5.74) is 3.73. The first-order valence-electron chi connectivity index (χ1n) is 7.45. The highest BCUT2D eigenvalue weighted by Crippen LogP contribution is 2.13. The fourth-order valence-electron chi connectivity index (χ4n) is 2.69. The number of aryl methyl sites for hydroxylation is 3. The maximum absolute atomic E-state index is 12.4. The zero-order valence-corrected chi connectivity index (χ0v) is 12.7. The first-order valence-corrected chi connectivity index (χ1v) is 7.45. The summed E-state index contributed by atoms with van der Waals surface area (Å²) in [6.07, 6.45) is 5.42.